The predicted octanol–water partition coefficient (Wildman–Crippen LogP) is -1.09. The maximum Gasteiger partial charge on any atom is 0.135 e. The van der Waals surface area contributed by atoms with Crippen molar-refractivity contribution in [1.29, 1.82) is 0 Å². The monoisotopic (exact) mass is 149 g/mol. The lowest BCUT2D eigenvalue weighted by Gasteiger charge is -2.11. The fourth-order valence-corrected chi connectivity index (χ4v) is 1.59. The Hall–Kier alpha value is 0.0969. The number of hydrogen-bond donors (Lipinski definition) is 1. The molecule has 0 saturated carbocycles. The highest BCUT2D eigenvalue weighted by molar-refractivity contribution is 6.36. The van der Waals surface area contributed by atoms with Gasteiger partial charge in [0.25, 0.3) is 0 Å². The van der Waals surface area contributed by atoms with Gasteiger partial charge in [-0.3, -0.25) is 0 Å². The molecule has 0 aromatic heterocycles. The summed E-state index contributed by atoms with van der Waals surface area (Å²) >= 11 is 0. The molecule has 1 N–H and O–H groups in total. The lowest BCUT2D eigenvalue weighted by Crippen LogP contribution is -2.29. The molecule has 0 spiro atoms. The van der Waals surface area contributed by atoms with Crippen molar-refractivity contribution >= 4 is 9.52 Å². The van der Waals surface area contributed by atoms with E-state index in [0.29, 0.717) is 0 Å². The fraction of sp³-hybridized carbons (Fsp3) is 1.00. The summed E-state index contributed by atoms with van der Waals surface area (Å²) in [6, 6.07) is 0. The van der Waals surface area contributed by atoms with Crippen LogP contribution in [0.1, 0.15) is 0 Å². The van der Waals surface area contributed by atoms with Crippen LogP contribution in [-0.4, -0.2) is 42.9 Å². The van der Waals surface area contributed by atoms with Crippen LogP contribution >= 0.6 is 0 Å². The SMILES string of the molecule is CNC[SiH2]C(OC)OC. The minimum Gasteiger partial charge on any atom is -0.360 e. The normalized spacial score (nSPS) is 12.0. The van der Waals surface area contributed by atoms with Gasteiger partial charge in [-0.1, -0.05) is 0 Å². The number of rotatable bonds is 5. The molecule has 0 atom stereocenters. The number of hydrogen-bond acceptors (Lipinski definition) is 3. The standard InChI is InChI=1S/C5H15NO2Si/c1-6-4-9-5(7-2)8-3/h5-6H,4,9H2,1-3H3. The van der Waals surface area contributed by atoms with E-state index in [1.54, 1.807) is 14.2 Å². The minimum atomic E-state index is -0.230. The van der Waals surface area contributed by atoms with E-state index in [1.165, 1.54) is 0 Å². The smallest absolute Gasteiger partial charge is 0.135 e. The van der Waals surface area contributed by atoms with E-state index in [4.69, 9.17) is 9.47 Å². The highest BCUT2D eigenvalue weighted by atomic mass is 28.2. The van der Waals surface area contributed by atoms with Crippen molar-refractivity contribution in [2.75, 3.05) is 27.4 Å². The van der Waals surface area contributed by atoms with Crippen molar-refractivity contribution in [2.24, 2.45) is 0 Å². The molecule has 0 aromatic rings. The number of ether oxygens (including phenoxy) is 2. The minimum absolute atomic E-state index is 0.0810. The van der Waals surface area contributed by atoms with Crippen LogP contribution in [0.4, 0.5) is 0 Å². The Morgan fingerprint density at radius 3 is 2.33 bits per heavy atom. The van der Waals surface area contributed by atoms with Crippen molar-refractivity contribution in [2.45, 2.75) is 5.91 Å². The molecule has 0 rings (SSSR count). The predicted molar refractivity (Wildman–Crippen MR) is 40.3 cm³/mol. The second kappa shape index (κ2) is 6.22. The average molecular weight is 149 g/mol. The molecular formula is C5H15NO2Si. The van der Waals surface area contributed by atoms with E-state index in [9.17, 15) is 0 Å². The Kier molecular flexibility index (Phi) is 6.29. The maximum absolute atomic E-state index is 5.00. The van der Waals surface area contributed by atoms with Gasteiger partial charge in [0, 0.05) is 14.2 Å². The zero-order valence-corrected chi connectivity index (χ0v) is 7.72. The summed E-state index contributed by atoms with van der Waals surface area (Å²) < 4.78 is 10.0. The summed E-state index contributed by atoms with van der Waals surface area (Å²) in [5.74, 6) is 0.0810. The second-order valence-electron chi connectivity index (χ2n) is 1.79. The first kappa shape index (κ1) is 9.10. The highest BCUT2D eigenvalue weighted by Crippen LogP contribution is 1.84. The van der Waals surface area contributed by atoms with Crippen LogP contribution in [0.15, 0.2) is 0 Å². The lowest BCUT2D eigenvalue weighted by atomic mass is 11.2. The van der Waals surface area contributed by atoms with Crippen LogP contribution in [0.3, 0.4) is 0 Å². The van der Waals surface area contributed by atoms with Crippen LogP contribution < -0.4 is 5.32 Å². The van der Waals surface area contributed by atoms with Crippen molar-refractivity contribution < 1.29 is 9.47 Å². The van der Waals surface area contributed by atoms with E-state index in [2.05, 4.69) is 5.32 Å². The third-order valence-corrected chi connectivity index (χ3v) is 3.08. The van der Waals surface area contributed by atoms with Crippen molar-refractivity contribution in [1.82, 2.24) is 5.32 Å². The number of nitrogens with one attached hydrogen (secondary N) is 1. The summed E-state index contributed by atoms with van der Waals surface area (Å²) in [5, 5.41) is 3.07. The maximum atomic E-state index is 5.00. The summed E-state index contributed by atoms with van der Waals surface area (Å²) in [5.41, 5.74) is 0. The van der Waals surface area contributed by atoms with Gasteiger partial charge >= 0.3 is 0 Å². The summed E-state index contributed by atoms with van der Waals surface area (Å²) in [7, 11) is 5.06. The molecule has 3 nitrogen and oxygen atoms in total. The van der Waals surface area contributed by atoms with Gasteiger partial charge in [0.05, 0.1) is 0 Å². The molecule has 9 heavy (non-hydrogen) atoms. The topological polar surface area (TPSA) is 30.5 Å². The molecule has 0 aliphatic carbocycles. The van der Waals surface area contributed by atoms with E-state index in [0.717, 1.165) is 6.17 Å². The first-order chi connectivity index (χ1) is 4.35. The Labute approximate surface area is 58.6 Å². The van der Waals surface area contributed by atoms with Crippen LogP contribution in [0.25, 0.3) is 0 Å². The first-order valence-corrected chi connectivity index (χ1v) is 4.87. The molecule has 0 aliphatic rings. The van der Waals surface area contributed by atoms with Crippen LogP contribution in [0.5, 0.6) is 0 Å². The highest BCUT2D eigenvalue weighted by Gasteiger charge is 2.02. The second-order valence-corrected chi connectivity index (χ2v) is 3.54. The largest absolute Gasteiger partial charge is 0.360 e. The molecule has 0 aliphatic heterocycles. The third kappa shape index (κ3) is 4.59. The van der Waals surface area contributed by atoms with Gasteiger partial charge in [-0.2, -0.15) is 0 Å². The molecule has 4 heteroatoms. The van der Waals surface area contributed by atoms with Crippen LogP contribution in [0.2, 0.25) is 0 Å². The molecule has 0 unspecified atom stereocenters. The fourth-order valence-electron chi connectivity index (χ4n) is 0.594. The van der Waals surface area contributed by atoms with E-state index in [-0.39, 0.29) is 15.4 Å². The summed E-state index contributed by atoms with van der Waals surface area (Å²) in [6.45, 7) is 0. The first-order valence-electron chi connectivity index (χ1n) is 3.05. The van der Waals surface area contributed by atoms with Gasteiger partial charge < -0.3 is 14.8 Å². The lowest BCUT2D eigenvalue weighted by molar-refractivity contribution is -0.0441. The molecule has 0 heterocycles. The molecule has 0 fully saturated rings. The Morgan fingerprint density at radius 2 is 2.00 bits per heavy atom. The summed E-state index contributed by atoms with van der Waals surface area (Å²) in [4.78, 5) is 0. The quantitative estimate of drug-likeness (QED) is 0.398. The van der Waals surface area contributed by atoms with E-state index >= 15 is 0 Å². The molecule has 56 valence electrons. The zero-order valence-electron chi connectivity index (χ0n) is 6.31. The molecule has 0 amide bonds. The molecule has 0 aromatic carbocycles. The van der Waals surface area contributed by atoms with Gasteiger partial charge in [0.1, 0.15) is 15.4 Å². The van der Waals surface area contributed by atoms with Gasteiger partial charge in [-0.05, 0) is 13.2 Å². The number of methoxy groups -OCH3 is 2. The molecule has 0 radical (unpaired) electrons. The summed E-state index contributed by atoms with van der Waals surface area (Å²) in [6.07, 6.45) is 1.06. The Balaban J connectivity index is 3.09. The van der Waals surface area contributed by atoms with Gasteiger partial charge in [-0.15, -0.1) is 0 Å². The van der Waals surface area contributed by atoms with Crippen molar-refractivity contribution in [3.05, 3.63) is 0 Å². The van der Waals surface area contributed by atoms with Crippen molar-refractivity contribution in [3.8, 4) is 0 Å². The average Bonchev–Trinajstić information content (AvgIpc) is 1.91. The van der Waals surface area contributed by atoms with Crippen LogP contribution in [0, 0.1) is 0 Å². The van der Waals surface area contributed by atoms with Crippen LogP contribution in [-0.2, 0) is 9.47 Å². The Morgan fingerprint density at radius 1 is 1.44 bits per heavy atom. The van der Waals surface area contributed by atoms with Gasteiger partial charge in [0.15, 0.2) is 0 Å². The Bertz CT molecular complexity index is 58.9. The molecule has 0 bridgehead atoms. The molecular weight excluding hydrogens is 134 g/mol. The van der Waals surface area contributed by atoms with Crippen molar-refractivity contribution in [3.63, 3.8) is 0 Å². The van der Waals surface area contributed by atoms with Gasteiger partial charge in [-0.25, -0.2) is 0 Å². The zero-order chi connectivity index (χ0) is 7.11. The van der Waals surface area contributed by atoms with Gasteiger partial charge in [0.2, 0.25) is 0 Å². The van der Waals surface area contributed by atoms with E-state index < -0.39 is 0 Å². The third-order valence-electron chi connectivity index (χ3n) is 1.16. The molecule has 0 saturated heterocycles. The van der Waals surface area contributed by atoms with E-state index in [1.807, 2.05) is 7.05 Å².